The Labute approximate surface area is 184 Å². The molecule has 0 radical (unpaired) electrons. The average molecular weight is 434 g/mol. The van der Waals surface area contributed by atoms with Gasteiger partial charge in [0.15, 0.2) is 23.0 Å². The van der Waals surface area contributed by atoms with Gasteiger partial charge in [-0.25, -0.2) is 0 Å². The third-order valence-corrected chi connectivity index (χ3v) is 5.22. The maximum Gasteiger partial charge on any atom is 0.201 e. The SMILES string of the molecule is COc1ccc(-c2c(-c3ccc(OC)c(O)c3)oc3cc(OC)c(OC)cc3c2=O)cc1. The van der Waals surface area contributed by atoms with E-state index in [2.05, 4.69) is 0 Å². The highest BCUT2D eigenvalue weighted by molar-refractivity contribution is 5.91. The van der Waals surface area contributed by atoms with Gasteiger partial charge in [-0.3, -0.25) is 4.79 Å². The van der Waals surface area contributed by atoms with Crippen LogP contribution in [0.3, 0.4) is 0 Å². The summed E-state index contributed by atoms with van der Waals surface area (Å²) in [5, 5.41) is 10.7. The zero-order valence-electron chi connectivity index (χ0n) is 18.1. The van der Waals surface area contributed by atoms with Crippen molar-refractivity contribution in [2.24, 2.45) is 0 Å². The van der Waals surface area contributed by atoms with E-state index in [1.54, 1.807) is 55.6 Å². The van der Waals surface area contributed by atoms with Crippen molar-refractivity contribution in [3.8, 4) is 51.2 Å². The standard InChI is InChI=1S/C25H22O7/c1-28-16-8-5-14(6-9-16)23-24(27)17-12-21(30-3)22(31-4)13-20(17)32-25(23)15-7-10-19(29-2)18(26)11-15/h5-13,26H,1-4H3. The van der Waals surface area contributed by atoms with Crippen molar-refractivity contribution in [1.29, 1.82) is 0 Å². The Hall–Kier alpha value is -4.13. The van der Waals surface area contributed by atoms with Crippen LogP contribution < -0.4 is 24.4 Å². The molecule has 0 saturated heterocycles. The Morgan fingerprint density at radius 2 is 1.34 bits per heavy atom. The Balaban J connectivity index is 2.07. The van der Waals surface area contributed by atoms with E-state index in [0.717, 1.165) is 0 Å². The monoisotopic (exact) mass is 434 g/mol. The highest BCUT2D eigenvalue weighted by atomic mass is 16.5. The second kappa shape index (κ2) is 8.55. The van der Waals surface area contributed by atoms with E-state index < -0.39 is 0 Å². The molecule has 0 aliphatic heterocycles. The van der Waals surface area contributed by atoms with Gasteiger partial charge in [0.05, 0.1) is 39.4 Å². The fourth-order valence-electron chi connectivity index (χ4n) is 3.58. The van der Waals surface area contributed by atoms with Crippen LogP contribution in [0.2, 0.25) is 0 Å². The molecule has 0 aliphatic rings. The van der Waals surface area contributed by atoms with Gasteiger partial charge in [-0.1, -0.05) is 12.1 Å². The molecular formula is C25H22O7. The van der Waals surface area contributed by atoms with Crippen LogP contribution in [-0.4, -0.2) is 33.5 Å². The minimum absolute atomic E-state index is 0.0688. The van der Waals surface area contributed by atoms with Crippen LogP contribution in [0.15, 0.2) is 63.8 Å². The zero-order chi connectivity index (χ0) is 22.8. The van der Waals surface area contributed by atoms with E-state index in [9.17, 15) is 9.90 Å². The van der Waals surface area contributed by atoms with Gasteiger partial charge in [-0.15, -0.1) is 0 Å². The molecule has 4 aromatic rings. The highest BCUT2D eigenvalue weighted by Crippen LogP contribution is 2.39. The van der Waals surface area contributed by atoms with Crippen molar-refractivity contribution in [1.82, 2.24) is 0 Å². The lowest BCUT2D eigenvalue weighted by Gasteiger charge is -2.14. The van der Waals surface area contributed by atoms with Gasteiger partial charge in [0.2, 0.25) is 5.43 Å². The Kier molecular flexibility index (Phi) is 5.64. The second-order valence-corrected chi connectivity index (χ2v) is 6.95. The van der Waals surface area contributed by atoms with E-state index in [0.29, 0.717) is 56.4 Å². The van der Waals surface area contributed by atoms with Crippen molar-refractivity contribution in [2.45, 2.75) is 0 Å². The third-order valence-electron chi connectivity index (χ3n) is 5.22. The fraction of sp³-hybridized carbons (Fsp3) is 0.160. The van der Waals surface area contributed by atoms with Crippen LogP contribution in [0, 0.1) is 0 Å². The number of hydrogen-bond donors (Lipinski definition) is 1. The molecule has 0 spiro atoms. The van der Waals surface area contributed by atoms with Crippen LogP contribution in [-0.2, 0) is 0 Å². The molecule has 0 unspecified atom stereocenters. The van der Waals surface area contributed by atoms with E-state index in [1.165, 1.54) is 27.4 Å². The van der Waals surface area contributed by atoms with Crippen molar-refractivity contribution in [2.75, 3.05) is 28.4 Å². The highest BCUT2D eigenvalue weighted by Gasteiger charge is 2.21. The molecule has 0 bridgehead atoms. The first-order valence-electron chi connectivity index (χ1n) is 9.75. The van der Waals surface area contributed by atoms with Crippen LogP contribution in [0.1, 0.15) is 0 Å². The van der Waals surface area contributed by atoms with Gasteiger partial charge >= 0.3 is 0 Å². The molecule has 1 aromatic heterocycles. The lowest BCUT2D eigenvalue weighted by Crippen LogP contribution is -2.08. The number of phenolic OH excluding ortho intramolecular Hbond substituents is 1. The number of rotatable bonds is 6. The molecule has 32 heavy (non-hydrogen) atoms. The number of phenols is 1. The van der Waals surface area contributed by atoms with Crippen LogP contribution >= 0.6 is 0 Å². The molecule has 7 heteroatoms. The summed E-state index contributed by atoms with van der Waals surface area (Å²) in [7, 11) is 6.05. The quantitative estimate of drug-likeness (QED) is 0.463. The lowest BCUT2D eigenvalue weighted by atomic mass is 9.98. The first-order valence-corrected chi connectivity index (χ1v) is 9.75. The zero-order valence-corrected chi connectivity index (χ0v) is 18.1. The molecule has 0 atom stereocenters. The number of hydrogen-bond acceptors (Lipinski definition) is 7. The number of aromatic hydroxyl groups is 1. The Bertz CT molecular complexity index is 1340. The summed E-state index contributed by atoms with van der Waals surface area (Å²) in [6.07, 6.45) is 0. The predicted molar refractivity (Wildman–Crippen MR) is 121 cm³/mol. The third kappa shape index (κ3) is 3.58. The van der Waals surface area contributed by atoms with E-state index >= 15 is 0 Å². The second-order valence-electron chi connectivity index (χ2n) is 6.95. The average Bonchev–Trinajstić information content (AvgIpc) is 2.83. The summed E-state index contributed by atoms with van der Waals surface area (Å²) >= 11 is 0. The van der Waals surface area contributed by atoms with Crippen LogP contribution in [0.4, 0.5) is 0 Å². The van der Waals surface area contributed by atoms with Gasteiger partial charge < -0.3 is 28.5 Å². The van der Waals surface area contributed by atoms with Gasteiger partial charge in [0, 0.05) is 11.6 Å². The molecule has 4 rings (SSSR count). The van der Waals surface area contributed by atoms with Crippen molar-refractivity contribution >= 4 is 11.0 Å². The summed E-state index contributed by atoms with van der Waals surface area (Å²) in [5.74, 6) is 2.06. The normalized spacial score (nSPS) is 10.8. The first-order chi connectivity index (χ1) is 15.5. The molecule has 3 aromatic carbocycles. The molecule has 7 nitrogen and oxygen atoms in total. The van der Waals surface area contributed by atoms with E-state index in [-0.39, 0.29) is 11.2 Å². The molecular weight excluding hydrogens is 412 g/mol. The van der Waals surface area contributed by atoms with Crippen LogP contribution in [0.5, 0.6) is 28.7 Å². The van der Waals surface area contributed by atoms with Crippen molar-refractivity contribution < 1.29 is 28.5 Å². The minimum atomic E-state index is -0.248. The maximum atomic E-state index is 13.7. The molecule has 1 N–H and O–H groups in total. The molecule has 164 valence electrons. The summed E-state index contributed by atoms with van der Waals surface area (Å²) in [4.78, 5) is 13.7. The van der Waals surface area contributed by atoms with Gasteiger partial charge in [-0.2, -0.15) is 0 Å². The Morgan fingerprint density at radius 3 is 1.94 bits per heavy atom. The first kappa shape index (κ1) is 21.1. The molecule has 0 fully saturated rings. The maximum absolute atomic E-state index is 13.7. The topological polar surface area (TPSA) is 87.4 Å². The van der Waals surface area contributed by atoms with Crippen molar-refractivity contribution in [3.05, 3.63) is 64.8 Å². The fourth-order valence-corrected chi connectivity index (χ4v) is 3.58. The summed E-state index contributed by atoms with van der Waals surface area (Å²) in [6.45, 7) is 0. The number of ether oxygens (including phenoxy) is 4. The van der Waals surface area contributed by atoms with Crippen LogP contribution in [0.25, 0.3) is 33.4 Å². The molecule has 0 saturated carbocycles. The van der Waals surface area contributed by atoms with Gasteiger partial charge in [-0.05, 0) is 42.0 Å². The predicted octanol–water partition coefficient (Wildman–Crippen LogP) is 4.87. The summed E-state index contributed by atoms with van der Waals surface area (Å²) < 4.78 is 27.3. The number of benzene rings is 3. The van der Waals surface area contributed by atoms with Gasteiger partial charge in [0.25, 0.3) is 0 Å². The number of methoxy groups -OCH3 is 4. The lowest BCUT2D eigenvalue weighted by molar-refractivity contribution is 0.355. The smallest absolute Gasteiger partial charge is 0.201 e. The minimum Gasteiger partial charge on any atom is -0.504 e. The van der Waals surface area contributed by atoms with E-state index in [4.69, 9.17) is 23.4 Å². The Morgan fingerprint density at radius 1 is 0.719 bits per heavy atom. The van der Waals surface area contributed by atoms with Gasteiger partial charge in [0.1, 0.15) is 17.1 Å². The molecule has 0 aliphatic carbocycles. The summed E-state index contributed by atoms with van der Waals surface area (Å²) in [5.41, 5.74) is 1.58. The summed E-state index contributed by atoms with van der Waals surface area (Å²) in [6, 6.07) is 15.1. The van der Waals surface area contributed by atoms with E-state index in [1.807, 2.05) is 0 Å². The number of fused-ring (bicyclic) bond motifs is 1. The molecule has 0 amide bonds. The molecule has 1 heterocycles. The largest absolute Gasteiger partial charge is 0.504 e. The van der Waals surface area contributed by atoms with Crippen molar-refractivity contribution in [3.63, 3.8) is 0 Å².